The fourth-order valence-corrected chi connectivity index (χ4v) is 3.20. The number of esters is 1. The molecule has 8 nitrogen and oxygen atoms in total. The van der Waals surface area contributed by atoms with Crippen LogP contribution in [0.25, 0.3) is 0 Å². The molecular weight excluding hydrogens is 370 g/mol. The second-order valence-electron chi connectivity index (χ2n) is 6.09. The number of aryl methyl sites for hydroxylation is 1. The van der Waals surface area contributed by atoms with Gasteiger partial charge in [-0.2, -0.15) is 0 Å². The first kappa shape index (κ1) is 20.5. The Morgan fingerprint density at radius 3 is 2.26 bits per heavy atom. The fourth-order valence-electron chi connectivity index (χ4n) is 2.64. The van der Waals surface area contributed by atoms with E-state index >= 15 is 0 Å². The molecule has 0 aliphatic heterocycles. The lowest BCUT2D eigenvalue weighted by molar-refractivity contribution is -0.116. The minimum absolute atomic E-state index is 0.0421. The van der Waals surface area contributed by atoms with Gasteiger partial charge in [-0.25, -0.2) is 13.2 Å². The Balaban J connectivity index is 2.07. The van der Waals surface area contributed by atoms with E-state index in [1.165, 1.54) is 0 Å². The molecule has 0 bridgehead atoms. The van der Waals surface area contributed by atoms with Crippen LogP contribution >= 0.6 is 0 Å². The summed E-state index contributed by atoms with van der Waals surface area (Å²) in [4.78, 5) is 24.3. The molecule has 0 aliphatic carbocycles. The maximum absolute atomic E-state index is 12.3. The van der Waals surface area contributed by atoms with Crippen molar-refractivity contribution in [1.29, 1.82) is 0 Å². The molecule has 0 saturated carbocycles. The molecule has 0 fully saturated rings. The zero-order valence-electron chi connectivity index (χ0n) is 15.7. The minimum atomic E-state index is -3.35. The standard InChI is InChI=1S/C18H23N3O5S/c1-5-26-18(23)16-10-12(2)21(13(16)3)11-17(22)19-14-6-8-15(9-7-14)20-27(4,24)25/h6-10,20H,5,11H2,1-4H3,(H,19,22). The number of rotatable bonds is 7. The van der Waals surface area contributed by atoms with Gasteiger partial charge in [-0.1, -0.05) is 0 Å². The predicted molar refractivity (Wildman–Crippen MR) is 103 cm³/mol. The monoisotopic (exact) mass is 393 g/mol. The lowest BCUT2D eigenvalue weighted by Gasteiger charge is -2.11. The Labute approximate surface area is 158 Å². The summed E-state index contributed by atoms with van der Waals surface area (Å²) >= 11 is 0. The van der Waals surface area contributed by atoms with Crippen LogP contribution in [0.3, 0.4) is 0 Å². The molecule has 2 aromatic rings. The van der Waals surface area contributed by atoms with E-state index in [4.69, 9.17) is 4.74 Å². The van der Waals surface area contributed by atoms with Crippen LogP contribution < -0.4 is 10.0 Å². The SMILES string of the molecule is CCOC(=O)c1cc(C)n(CC(=O)Nc2ccc(NS(C)(=O)=O)cc2)c1C. The van der Waals surface area contributed by atoms with Crippen molar-refractivity contribution >= 4 is 33.3 Å². The number of hydrogen-bond donors (Lipinski definition) is 2. The van der Waals surface area contributed by atoms with E-state index in [0.717, 1.165) is 11.9 Å². The van der Waals surface area contributed by atoms with E-state index in [2.05, 4.69) is 10.0 Å². The van der Waals surface area contributed by atoms with E-state index in [1.807, 2.05) is 6.92 Å². The van der Waals surface area contributed by atoms with Gasteiger partial charge in [0.2, 0.25) is 15.9 Å². The van der Waals surface area contributed by atoms with Gasteiger partial charge >= 0.3 is 5.97 Å². The number of amides is 1. The maximum Gasteiger partial charge on any atom is 0.339 e. The van der Waals surface area contributed by atoms with Gasteiger partial charge in [-0.15, -0.1) is 0 Å². The van der Waals surface area contributed by atoms with Crippen LogP contribution in [0, 0.1) is 13.8 Å². The highest BCUT2D eigenvalue weighted by Crippen LogP contribution is 2.18. The second-order valence-corrected chi connectivity index (χ2v) is 7.84. The van der Waals surface area contributed by atoms with Gasteiger partial charge in [0.15, 0.2) is 0 Å². The van der Waals surface area contributed by atoms with Crippen molar-refractivity contribution in [1.82, 2.24) is 4.57 Å². The number of nitrogens with one attached hydrogen (secondary N) is 2. The van der Waals surface area contributed by atoms with E-state index in [9.17, 15) is 18.0 Å². The molecule has 9 heteroatoms. The first-order valence-electron chi connectivity index (χ1n) is 8.32. The van der Waals surface area contributed by atoms with Gasteiger partial charge in [-0.3, -0.25) is 9.52 Å². The number of benzene rings is 1. The molecule has 27 heavy (non-hydrogen) atoms. The number of carbonyl (C=O) groups is 2. The van der Waals surface area contributed by atoms with Crippen molar-refractivity contribution in [2.45, 2.75) is 27.3 Å². The average Bonchev–Trinajstić information content (AvgIpc) is 2.84. The molecule has 1 heterocycles. The van der Waals surface area contributed by atoms with Crippen LogP contribution in [0.4, 0.5) is 11.4 Å². The molecular formula is C18H23N3O5S. The summed E-state index contributed by atoms with van der Waals surface area (Å²) in [6.45, 7) is 5.64. The van der Waals surface area contributed by atoms with E-state index in [0.29, 0.717) is 22.6 Å². The van der Waals surface area contributed by atoms with E-state index in [-0.39, 0.29) is 19.1 Å². The van der Waals surface area contributed by atoms with Crippen LogP contribution in [0.5, 0.6) is 0 Å². The molecule has 2 N–H and O–H groups in total. The number of carbonyl (C=O) groups excluding carboxylic acids is 2. The third kappa shape index (κ3) is 5.58. The summed E-state index contributed by atoms with van der Waals surface area (Å²) in [5.41, 5.74) is 2.82. The lowest BCUT2D eigenvalue weighted by atomic mass is 10.2. The number of nitrogens with zero attached hydrogens (tertiary/aromatic N) is 1. The summed E-state index contributed by atoms with van der Waals surface area (Å²) in [6, 6.07) is 8.02. The topological polar surface area (TPSA) is 106 Å². The zero-order valence-corrected chi connectivity index (χ0v) is 16.5. The van der Waals surface area contributed by atoms with Crippen LogP contribution in [0.1, 0.15) is 28.7 Å². The molecule has 1 aromatic heterocycles. The van der Waals surface area contributed by atoms with Crippen molar-refractivity contribution in [2.75, 3.05) is 22.9 Å². The molecule has 1 aromatic carbocycles. The van der Waals surface area contributed by atoms with Crippen molar-refractivity contribution in [3.8, 4) is 0 Å². The summed E-state index contributed by atoms with van der Waals surface area (Å²) in [6.07, 6.45) is 1.06. The molecule has 0 aliphatic rings. The third-order valence-corrected chi connectivity index (χ3v) is 4.45. The van der Waals surface area contributed by atoms with E-state index < -0.39 is 16.0 Å². The number of hydrogen-bond acceptors (Lipinski definition) is 5. The van der Waals surface area contributed by atoms with Crippen molar-refractivity contribution in [3.05, 3.63) is 47.3 Å². The Morgan fingerprint density at radius 2 is 1.70 bits per heavy atom. The summed E-state index contributed by atoms with van der Waals surface area (Å²) in [5.74, 6) is -0.678. The largest absolute Gasteiger partial charge is 0.462 e. The summed E-state index contributed by atoms with van der Waals surface area (Å²) in [5, 5.41) is 2.75. The Kier molecular flexibility index (Phi) is 6.27. The first-order chi connectivity index (χ1) is 12.6. The van der Waals surface area contributed by atoms with Crippen LogP contribution in [-0.4, -0.2) is 37.7 Å². The van der Waals surface area contributed by atoms with Gasteiger partial charge in [0, 0.05) is 22.8 Å². The highest BCUT2D eigenvalue weighted by molar-refractivity contribution is 7.92. The highest BCUT2D eigenvalue weighted by atomic mass is 32.2. The number of ether oxygens (including phenoxy) is 1. The van der Waals surface area contributed by atoms with E-state index in [1.54, 1.807) is 48.7 Å². The summed E-state index contributed by atoms with van der Waals surface area (Å²) < 4.78 is 31.5. The first-order valence-corrected chi connectivity index (χ1v) is 10.2. The smallest absolute Gasteiger partial charge is 0.339 e. The number of aromatic nitrogens is 1. The molecule has 0 radical (unpaired) electrons. The van der Waals surface area contributed by atoms with Crippen LogP contribution in [0.15, 0.2) is 30.3 Å². The van der Waals surface area contributed by atoms with Crippen LogP contribution in [0.2, 0.25) is 0 Å². The molecule has 0 spiro atoms. The van der Waals surface area contributed by atoms with Gasteiger partial charge in [0.05, 0.1) is 18.4 Å². The maximum atomic E-state index is 12.3. The predicted octanol–water partition coefficient (Wildman–Crippen LogP) is 2.29. The minimum Gasteiger partial charge on any atom is -0.462 e. The molecule has 1 amide bonds. The molecule has 0 saturated heterocycles. The Bertz CT molecular complexity index is 946. The summed E-state index contributed by atoms with van der Waals surface area (Å²) in [7, 11) is -3.35. The quantitative estimate of drug-likeness (QED) is 0.702. The Hall–Kier alpha value is -2.81. The number of sulfonamides is 1. The second kappa shape index (κ2) is 8.26. The van der Waals surface area contributed by atoms with Gasteiger partial charge < -0.3 is 14.6 Å². The normalized spacial score (nSPS) is 11.1. The molecule has 0 unspecified atom stereocenters. The fraction of sp³-hybridized carbons (Fsp3) is 0.333. The molecule has 2 rings (SSSR count). The molecule has 146 valence electrons. The number of anilines is 2. The highest BCUT2D eigenvalue weighted by Gasteiger charge is 2.18. The zero-order chi connectivity index (χ0) is 20.2. The van der Waals surface area contributed by atoms with Crippen molar-refractivity contribution < 1.29 is 22.7 Å². The van der Waals surface area contributed by atoms with Gasteiger partial charge in [0.25, 0.3) is 0 Å². The van der Waals surface area contributed by atoms with Crippen molar-refractivity contribution in [2.24, 2.45) is 0 Å². The van der Waals surface area contributed by atoms with Gasteiger partial charge in [-0.05, 0) is 51.1 Å². The van der Waals surface area contributed by atoms with Gasteiger partial charge in [0.1, 0.15) is 6.54 Å². The third-order valence-electron chi connectivity index (χ3n) is 3.84. The Morgan fingerprint density at radius 1 is 1.11 bits per heavy atom. The van der Waals surface area contributed by atoms with Crippen molar-refractivity contribution in [3.63, 3.8) is 0 Å². The molecule has 0 atom stereocenters. The van der Waals surface area contributed by atoms with Crippen LogP contribution in [-0.2, 0) is 26.1 Å². The average molecular weight is 393 g/mol. The lowest BCUT2D eigenvalue weighted by Crippen LogP contribution is -2.20.